The minimum Gasteiger partial charge on any atom is -0.359 e. The van der Waals surface area contributed by atoms with Crippen molar-refractivity contribution in [3.8, 4) is 0 Å². The lowest BCUT2D eigenvalue weighted by molar-refractivity contribution is -0.140. The van der Waals surface area contributed by atoms with Gasteiger partial charge in [-0.3, -0.25) is 9.59 Å². The fourth-order valence-electron chi connectivity index (χ4n) is 2.97. The van der Waals surface area contributed by atoms with Crippen LogP contribution in [0.5, 0.6) is 0 Å². The maximum Gasteiger partial charge on any atom is 0.273 e. The van der Waals surface area contributed by atoms with Crippen molar-refractivity contribution in [3.63, 3.8) is 0 Å². The summed E-state index contributed by atoms with van der Waals surface area (Å²) in [4.78, 5) is 26.8. The Bertz CT molecular complexity index is 804. The number of carbonyl (C=O) groups is 2. The van der Waals surface area contributed by atoms with Crippen molar-refractivity contribution in [2.24, 2.45) is 11.3 Å². The zero-order valence-corrected chi connectivity index (χ0v) is 16.9. The van der Waals surface area contributed by atoms with E-state index in [1.807, 2.05) is 39.0 Å². The minimum absolute atomic E-state index is 0.0413. The van der Waals surface area contributed by atoms with E-state index in [1.54, 1.807) is 11.0 Å². The van der Waals surface area contributed by atoms with Crippen LogP contribution in [-0.2, 0) is 17.8 Å². The van der Waals surface area contributed by atoms with Crippen molar-refractivity contribution in [3.05, 3.63) is 53.4 Å². The highest BCUT2D eigenvalue weighted by Crippen LogP contribution is 2.27. The maximum absolute atomic E-state index is 12.9. The number of nitrogens with one attached hydrogen (secondary N) is 1. The number of hydrogen-bond donors (Lipinski definition) is 1. The fraction of sp³-hybridized carbons (Fsp3) is 0.500. The molecule has 0 aliphatic heterocycles. The van der Waals surface area contributed by atoms with Crippen molar-refractivity contribution in [1.29, 1.82) is 0 Å². The van der Waals surface area contributed by atoms with Gasteiger partial charge in [0.2, 0.25) is 5.91 Å². The third-order valence-electron chi connectivity index (χ3n) is 4.83. The van der Waals surface area contributed by atoms with E-state index in [9.17, 15) is 9.59 Å². The molecule has 28 heavy (non-hydrogen) atoms. The van der Waals surface area contributed by atoms with E-state index in [0.29, 0.717) is 31.3 Å². The van der Waals surface area contributed by atoms with E-state index in [2.05, 4.69) is 22.6 Å². The van der Waals surface area contributed by atoms with Gasteiger partial charge in [0.05, 0.1) is 6.54 Å². The molecule has 6 nitrogen and oxygen atoms in total. The zero-order chi connectivity index (χ0) is 20.1. The van der Waals surface area contributed by atoms with Crippen LogP contribution >= 0.6 is 0 Å². The molecule has 1 heterocycles. The van der Waals surface area contributed by atoms with Gasteiger partial charge < -0.3 is 14.7 Å². The summed E-state index contributed by atoms with van der Waals surface area (Å²) in [5.74, 6) is 0.940. The summed E-state index contributed by atoms with van der Waals surface area (Å²) < 4.78 is 5.35. The van der Waals surface area contributed by atoms with Crippen LogP contribution in [0.25, 0.3) is 0 Å². The first-order valence-corrected chi connectivity index (χ1v) is 9.90. The third kappa shape index (κ3) is 5.68. The van der Waals surface area contributed by atoms with Gasteiger partial charge in [0.15, 0.2) is 11.5 Å². The number of nitrogens with zero attached hydrogens (tertiary/aromatic N) is 2. The van der Waals surface area contributed by atoms with Crippen LogP contribution in [-0.4, -0.2) is 35.0 Å². The summed E-state index contributed by atoms with van der Waals surface area (Å²) in [5.41, 5.74) is 0.940. The molecule has 0 bridgehead atoms. The standard InChI is InChI=1S/C22H29N3O3/c1-22(2,3)21(27)25(12-11-16-7-5-4-6-8-16)15-18-13-19(24-28-18)20(26)23-14-17-9-10-17/h4-8,13,17H,9-12,14-15H2,1-3H3,(H,23,26). The predicted octanol–water partition coefficient (Wildman–Crippen LogP) is 3.43. The molecule has 2 aromatic rings. The molecule has 1 saturated carbocycles. The molecule has 0 spiro atoms. The van der Waals surface area contributed by atoms with Crippen molar-refractivity contribution in [1.82, 2.24) is 15.4 Å². The molecule has 0 radical (unpaired) electrons. The lowest BCUT2D eigenvalue weighted by Gasteiger charge is -2.28. The summed E-state index contributed by atoms with van der Waals surface area (Å²) in [6, 6.07) is 11.7. The summed E-state index contributed by atoms with van der Waals surface area (Å²) in [6.45, 7) is 7.27. The van der Waals surface area contributed by atoms with Gasteiger partial charge in [0.25, 0.3) is 5.91 Å². The first kappa shape index (κ1) is 20.1. The van der Waals surface area contributed by atoms with Crippen molar-refractivity contribution >= 4 is 11.8 Å². The summed E-state index contributed by atoms with van der Waals surface area (Å²) >= 11 is 0. The molecule has 1 aliphatic rings. The highest BCUT2D eigenvalue weighted by molar-refractivity contribution is 5.92. The Morgan fingerprint density at radius 1 is 1.21 bits per heavy atom. The van der Waals surface area contributed by atoms with Crippen LogP contribution in [0.3, 0.4) is 0 Å². The molecule has 6 heteroatoms. The summed E-state index contributed by atoms with van der Waals surface area (Å²) in [7, 11) is 0. The second-order valence-corrected chi connectivity index (χ2v) is 8.54. The number of amides is 2. The normalized spacial score (nSPS) is 14.0. The second-order valence-electron chi connectivity index (χ2n) is 8.54. The van der Waals surface area contributed by atoms with Gasteiger partial charge in [-0.1, -0.05) is 56.3 Å². The fourth-order valence-corrected chi connectivity index (χ4v) is 2.97. The molecule has 150 valence electrons. The monoisotopic (exact) mass is 383 g/mol. The van der Waals surface area contributed by atoms with Gasteiger partial charge in [-0.05, 0) is 30.7 Å². The van der Waals surface area contributed by atoms with Gasteiger partial charge in [-0.25, -0.2) is 0 Å². The zero-order valence-electron chi connectivity index (χ0n) is 16.9. The molecule has 1 aliphatic carbocycles. The van der Waals surface area contributed by atoms with Crippen molar-refractivity contribution in [2.45, 2.75) is 46.6 Å². The van der Waals surface area contributed by atoms with E-state index in [4.69, 9.17) is 4.52 Å². The minimum atomic E-state index is -0.499. The van der Waals surface area contributed by atoms with Gasteiger partial charge in [0.1, 0.15) is 0 Å². The lowest BCUT2D eigenvalue weighted by atomic mass is 9.94. The average molecular weight is 383 g/mol. The number of hydrogen-bond acceptors (Lipinski definition) is 4. The van der Waals surface area contributed by atoms with Gasteiger partial charge >= 0.3 is 0 Å². The van der Waals surface area contributed by atoms with E-state index in [1.165, 1.54) is 18.4 Å². The number of rotatable bonds is 8. The van der Waals surface area contributed by atoms with Crippen LogP contribution in [0.4, 0.5) is 0 Å². The predicted molar refractivity (Wildman–Crippen MR) is 107 cm³/mol. The maximum atomic E-state index is 12.9. The van der Waals surface area contributed by atoms with Crippen LogP contribution < -0.4 is 5.32 Å². The lowest BCUT2D eigenvalue weighted by Crippen LogP contribution is -2.40. The molecule has 2 amide bonds. The Kier molecular flexibility index (Phi) is 6.17. The van der Waals surface area contributed by atoms with E-state index in [-0.39, 0.29) is 17.5 Å². The first-order chi connectivity index (χ1) is 13.3. The van der Waals surface area contributed by atoms with Gasteiger partial charge in [0, 0.05) is 24.6 Å². The van der Waals surface area contributed by atoms with Crippen LogP contribution in [0.2, 0.25) is 0 Å². The highest BCUT2D eigenvalue weighted by Gasteiger charge is 2.28. The molecule has 0 atom stereocenters. The van der Waals surface area contributed by atoms with Crippen LogP contribution in [0.1, 0.15) is 55.4 Å². The first-order valence-electron chi connectivity index (χ1n) is 9.90. The Hall–Kier alpha value is -2.63. The quantitative estimate of drug-likeness (QED) is 0.758. The second kappa shape index (κ2) is 8.59. The number of benzene rings is 1. The number of aromatic nitrogens is 1. The van der Waals surface area contributed by atoms with Gasteiger partial charge in [-0.2, -0.15) is 0 Å². The Balaban J connectivity index is 1.64. The molecule has 3 rings (SSSR count). The number of carbonyl (C=O) groups excluding carboxylic acids is 2. The van der Waals surface area contributed by atoms with Gasteiger partial charge in [-0.15, -0.1) is 0 Å². The van der Waals surface area contributed by atoms with E-state index >= 15 is 0 Å². The average Bonchev–Trinajstić information content (AvgIpc) is 3.39. The van der Waals surface area contributed by atoms with Crippen molar-refractivity contribution < 1.29 is 14.1 Å². The third-order valence-corrected chi connectivity index (χ3v) is 4.83. The molecule has 1 aromatic heterocycles. The molecule has 1 aromatic carbocycles. The van der Waals surface area contributed by atoms with Crippen molar-refractivity contribution in [2.75, 3.05) is 13.1 Å². The molecule has 1 N–H and O–H groups in total. The topological polar surface area (TPSA) is 75.4 Å². The molecular weight excluding hydrogens is 354 g/mol. The Labute approximate surface area is 166 Å². The largest absolute Gasteiger partial charge is 0.359 e. The molecule has 0 saturated heterocycles. The van der Waals surface area contributed by atoms with E-state index < -0.39 is 5.41 Å². The Morgan fingerprint density at radius 3 is 2.57 bits per heavy atom. The summed E-state index contributed by atoms with van der Waals surface area (Å²) in [5, 5.41) is 6.76. The van der Waals surface area contributed by atoms with Crippen LogP contribution in [0.15, 0.2) is 40.9 Å². The Morgan fingerprint density at radius 2 is 1.93 bits per heavy atom. The molecule has 1 fully saturated rings. The molecular formula is C22H29N3O3. The molecule has 0 unspecified atom stereocenters. The van der Waals surface area contributed by atoms with Crippen LogP contribution in [0, 0.1) is 11.3 Å². The summed E-state index contributed by atoms with van der Waals surface area (Å²) in [6.07, 6.45) is 3.11. The van der Waals surface area contributed by atoms with E-state index in [0.717, 1.165) is 6.42 Å². The SMILES string of the molecule is CC(C)(C)C(=O)N(CCc1ccccc1)Cc1cc(C(=O)NCC2CC2)no1. The smallest absolute Gasteiger partial charge is 0.273 e. The highest BCUT2D eigenvalue weighted by atomic mass is 16.5.